The molecule has 24 heavy (non-hydrogen) atoms. The van der Waals surface area contributed by atoms with Crippen LogP contribution in [0.5, 0.6) is 5.75 Å². The summed E-state index contributed by atoms with van der Waals surface area (Å²) in [5.41, 5.74) is 7.83. The lowest BCUT2D eigenvalue weighted by molar-refractivity contribution is -0.123. The van der Waals surface area contributed by atoms with Crippen LogP contribution in [0.1, 0.15) is 22.8 Å². The number of para-hydroxylation sites is 1. The summed E-state index contributed by atoms with van der Waals surface area (Å²) in [5, 5.41) is 2.67. The Morgan fingerprint density at radius 1 is 1.12 bits per heavy atom. The second kappa shape index (κ2) is 7.50. The molecule has 6 heteroatoms. The van der Waals surface area contributed by atoms with Gasteiger partial charge in [-0.05, 0) is 49.7 Å². The summed E-state index contributed by atoms with van der Waals surface area (Å²) >= 11 is 0. The molecule has 0 saturated heterocycles. The summed E-state index contributed by atoms with van der Waals surface area (Å²) in [6.45, 7) is 3.30. The fourth-order valence-corrected chi connectivity index (χ4v) is 2.05. The third-order valence-electron chi connectivity index (χ3n) is 3.55. The van der Waals surface area contributed by atoms with Crippen molar-refractivity contribution in [2.75, 3.05) is 18.2 Å². The molecule has 0 heterocycles. The quantitative estimate of drug-likeness (QED) is 0.650. The molecule has 2 aromatic carbocycles. The summed E-state index contributed by atoms with van der Waals surface area (Å²) in [4.78, 5) is 24.3. The molecule has 0 spiro atoms. The van der Waals surface area contributed by atoms with Gasteiger partial charge in [-0.15, -0.1) is 0 Å². The summed E-state index contributed by atoms with van der Waals surface area (Å²) in [5.74, 6) is -0.379. The number of aryl methyl sites for hydroxylation is 1. The van der Waals surface area contributed by atoms with Crippen LogP contribution in [-0.4, -0.2) is 25.1 Å². The highest BCUT2D eigenvalue weighted by atomic mass is 16.5. The van der Waals surface area contributed by atoms with Gasteiger partial charge in [0.1, 0.15) is 5.75 Å². The lowest BCUT2D eigenvalue weighted by atomic mass is 10.1. The zero-order valence-corrected chi connectivity index (χ0v) is 13.8. The molecule has 0 aromatic heterocycles. The lowest BCUT2D eigenvalue weighted by Crippen LogP contribution is -2.30. The van der Waals surface area contributed by atoms with Crippen LogP contribution in [0.25, 0.3) is 0 Å². The first-order valence-electron chi connectivity index (χ1n) is 7.43. The molecule has 0 aliphatic carbocycles. The van der Waals surface area contributed by atoms with Crippen molar-refractivity contribution in [3.63, 3.8) is 0 Å². The molecule has 2 rings (SSSR count). The monoisotopic (exact) mass is 328 g/mol. The topological polar surface area (TPSA) is 90.6 Å². The number of ether oxygens (including phenoxy) is 2. The number of nitrogen functional groups attached to an aromatic ring is 1. The molecule has 0 aliphatic rings. The predicted molar refractivity (Wildman–Crippen MR) is 92.1 cm³/mol. The van der Waals surface area contributed by atoms with Gasteiger partial charge >= 0.3 is 5.97 Å². The third kappa shape index (κ3) is 4.04. The number of methoxy groups -OCH3 is 1. The van der Waals surface area contributed by atoms with Gasteiger partial charge in [0.15, 0.2) is 6.10 Å². The van der Waals surface area contributed by atoms with Crippen molar-refractivity contribution >= 4 is 23.3 Å². The van der Waals surface area contributed by atoms with E-state index >= 15 is 0 Å². The maximum Gasteiger partial charge on any atom is 0.341 e. The number of amides is 1. The highest BCUT2D eigenvalue weighted by molar-refractivity contribution is 5.99. The van der Waals surface area contributed by atoms with E-state index in [2.05, 4.69) is 5.32 Å². The van der Waals surface area contributed by atoms with Gasteiger partial charge in [0, 0.05) is 11.4 Å². The van der Waals surface area contributed by atoms with Crippen molar-refractivity contribution in [1.82, 2.24) is 0 Å². The summed E-state index contributed by atoms with van der Waals surface area (Å²) in [6, 6.07) is 11.9. The van der Waals surface area contributed by atoms with Gasteiger partial charge in [0.05, 0.1) is 12.7 Å². The Balaban J connectivity index is 2.00. The Kier molecular flexibility index (Phi) is 5.42. The van der Waals surface area contributed by atoms with Gasteiger partial charge in [-0.1, -0.05) is 12.1 Å². The van der Waals surface area contributed by atoms with Crippen LogP contribution >= 0.6 is 0 Å². The molecule has 0 fully saturated rings. The minimum absolute atomic E-state index is 0.249. The largest absolute Gasteiger partial charge is 0.497 e. The van der Waals surface area contributed by atoms with Crippen molar-refractivity contribution in [3.05, 3.63) is 53.6 Å². The molecule has 0 saturated carbocycles. The number of rotatable bonds is 5. The normalized spacial score (nSPS) is 11.5. The zero-order chi connectivity index (χ0) is 17.7. The van der Waals surface area contributed by atoms with E-state index in [1.807, 2.05) is 0 Å². The maximum absolute atomic E-state index is 12.2. The van der Waals surface area contributed by atoms with Crippen LogP contribution in [0.15, 0.2) is 42.5 Å². The van der Waals surface area contributed by atoms with Crippen LogP contribution in [0, 0.1) is 6.92 Å². The average molecular weight is 328 g/mol. The highest BCUT2D eigenvalue weighted by Crippen LogP contribution is 2.19. The second-order valence-corrected chi connectivity index (χ2v) is 5.30. The molecule has 1 atom stereocenters. The van der Waals surface area contributed by atoms with Gasteiger partial charge < -0.3 is 20.5 Å². The van der Waals surface area contributed by atoms with Gasteiger partial charge in [0.25, 0.3) is 5.91 Å². The predicted octanol–water partition coefficient (Wildman–Crippen LogP) is 2.77. The molecular formula is C18H20N2O4. The van der Waals surface area contributed by atoms with Crippen LogP contribution in [0.4, 0.5) is 11.4 Å². The lowest BCUT2D eigenvalue weighted by Gasteiger charge is -2.15. The fraction of sp³-hybridized carbons (Fsp3) is 0.222. The van der Waals surface area contributed by atoms with E-state index in [1.54, 1.807) is 56.5 Å². The van der Waals surface area contributed by atoms with Crippen LogP contribution < -0.4 is 15.8 Å². The Labute approximate surface area is 140 Å². The number of esters is 1. The van der Waals surface area contributed by atoms with Gasteiger partial charge in [0.2, 0.25) is 0 Å². The molecule has 0 unspecified atom stereocenters. The number of carbonyl (C=O) groups is 2. The van der Waals surface area contributed by atoms with Crippen molar-refractivity contribution in [1.29, 1.82) is 0 Å². The van der Waals surface area contributed by atoms with Crippen LogP contribution in [0.2, 0.25) is 0 Å². The summed E-state index contributed by atoms with van der Waals surface area (Å²) in [7, 11) is 1.56. The van der Waals surface area contributed by atoms with E-state index < -0.39 is 18.0 Å². The standard InChI is InChI=1S/C18H20N2O4/c1-11-5-4-6-15(16(11)19)18(22)24-12(2)17(21)20-13-7-9-14(23-3)10-8-13/h4-10,12H,19H2,1-3H3,(H,20,21)/t12-/m1/s1. The number of hydrogen-bond donors (Lipinski definition) is 2. The van der Waals surface area contributed by atoms with E-state index in [1.165, 1.54) is 6.92 Å². The third-order valence-corrected chi connectivity index (χ3v) is 3.55. The molecule has 3 N–H and O–H groups in total. The highest BCUT2D eigenvalue weighted by Gasteiger charge is 2.20. The molecule has 126 valence electrons. The van der Waals surface area contributed by atoms with Gasteiger partial charge in [-0.25, -0.2) is 4.79 Å². The summed E-state index contributed by atoms with van der Waals surface area (Å²) in [6.07, 6.45) is -0.959. The van der Waals surface area contributed by atoms with Crippen molar-refractivity contribution in [2.45, 2.75) is 20.0 Å². The smallest absolute Gasteiger partial charge is 0.341 e. The zero-order valence-electron chi connectivity index (χ0n) is 13.8. The molecule has 2 aromatic rings. The molecule has 1 amide bonds. The summed E-state index contributed by atoms with van der Waals surface area (Å²) < 4.78 is 10.2. The first-order chi connectivity index (χ1) is 11.4. The number of nitrogens with one attached hydrogen (secondary N) is 1. The van der Waals surface area contributed by atoms with E-state index in [-0.39, 0.29) is 5.56 Å². The minimum Gasteiger partial charge on any atom is -0.497 e. The van der Waals surface area contributed by atoms with E-state index in [9.17, 15) is 9.59 Å². The molecule has 0 radical (unpaired) electrons. The molecule has 0 bridgehead atoms. The first kappa shape index (κ1) is 17.3. The van der Waals surface area contributed by atoms with Crippen LogP contribution in [0.3, 0.4) is 0 Å². The first-order valence-corrected chi connectivity index (χ1v) is 7.43. The molecule has 0 aliphatic heterocycles. The number of nitrogens with two attached hydrogens (primary N) is 1. The number of carbonyl (C=O) groups excluding carboxylic acids is 2. The maximum atomic E-state index is 12.2. The van der Waals surface area contributed by atoms with E-state index in [4.69, 9.17) is 15.2 Å². The Morgan fingerprint density at radius 2 is 1.79 bits per heavy atom. The Hall–Kier alpha value is -3.02. The van der Waals surface area contributed by atoms with Crippen molar-refractivity contribution in [3.8, 4) is 5.75 Å². The van der Waals surface area contributed by atoms with Gasteiger partial charge in [-0.3, -0.25) is 4.79 Å². The number of anilines is 2. The van der Waals surface area contributed by atoms with Crippen molar-refractivity contribution < 1.29 is 19.1 Å². The Bertz CT molecular complexity index is 741. The minimum atomic E-state index is -0.959. The SMILES string of the molecule is COc1ccc(NC(=O)[C@@H](C)OC(=O)c2cccc(C)c2N)cc1. The molecule has 6 nitrogen and oxygen atoms in total. The van der Waals surface area contributed by atoms with Crippen LogP contribution in [-0.2, 0) is 9.53 Å². The van der Waals surface area contributed by atoms with E-state index in [0.717, 1.165) is 5.56 Å². The molecular weight excluding hydrogens is 308 g/mol. The Morgan fingerprint density at radius 3 is 2.42 bits per heavy atom. The van der Waals surface area contributed by atoms with Gasteiger partial charge in [-0.2, -0.15) is 0 Å². The second-order valence-electron chi connectivity index (χ2n) is 5.30. The van der Waals surface area contributed by atoms with Crippen molar-refractivity contribution in [2.24, 2.45) is 0 Å². The number of benzene rings is 2. The van der Waals surface area contributed by atoms with E-state index in [0.29, 0.717) is 17.1 Å². The number of hydrogen-bond acceptors (Lipinski definition) is 5. The fourth-order valence-electron chi connectivity index (χ4n) is 2.05. The average Bonchev–Trinajstić information content (AvgIpc) is 2.57.